The van der Waals surface area contributed by atoms with Crippen molar-refractivity contribution in [3.05, 3.63) is 109 Å². The monoisotopic (exact) mass is 532 g/mol. The highest BCUT2D eigenvalue weighted by molar-refractivity contribution is 6.00. The molecule has 4 aromatic heterocycles. The third-order valence-corrected chi connectivity index (χ3v) is 6.90. The van der Waals surface area contributed by atoms with Crippen LogP contribution in [-0.4, -0.2) is 25.1 Å². The number of nitrogens with one attached hydrogen (secondary N) is 3. The number of aromatic amines is 2. The van der Waals surface area contributed by atoms with E-state index in [9.17, 15) is 4.39 Å². The second kappa shape index (κ2) is 10.4. The van der Waals surface area contributed by atoms with Crippen molar-refractivity contribution in [2.75, 3.05) is 0 Å². The Kier molecular flexibility index (Phi) is 6.98. The lowest BCUT2D eigenvalue weighted by Gasteiger charge is -2.23. The van der Waals surface area contributed by atoms with Gasteiger partial charge in [0.15, 0.2) is 0 Å². The zero-order valence-electron chi connectivity index (χ0n) is 23.5. The molecule has 0 unspecified atom stereocenters. The molecule has 0 radical (unpaired) electrons. The maximum absolute atomic E-state index is 14.2. The van der Waals surface area contributed by atoms with Gasteiger partial charge in [0.05, 0.1) is 28.8 Å². The molecular weight excluding hydrogens is 499 g/mol. The Bertz CT molecular complexity index is 1810. The van der Waals surface area contributed by atoms with Crippen LogP contribution in [0.5, 0.6) is 0 Å². The molecule has 3 N–H and O–H groups in total. The van der Waals surface area contributed by atoms with E-state index in [2.05, 4.69) is 64.4 Å². The molecule has 0 aliphatic heterocycles. The number of rotatable bonds is 7. The van der Waals surface area contributed by atoms with Crippen molar-refractivity contribution in [3.8, 4) is 22.6 Å². The van der Waals surface area contributed by atoms with Crippen LogP contribution in [-0.2, 0) is 0 Å². The van der Waals surface area contributed by atoms with Crippen LogP contribution in [0.25, 0.3) is 50.0 Å². The van der Waals surface area contributed by atoms with Crippen LogP contribution in [0.1, 0.15) is 39.0 Å². The highest BCUT2D eigenvalue weighted by Crippen LogP contribution is 2.34. The van der Waals surface area contributed by atoms with E-state index in [0.29, 0.717) is 5.69 Å². The standard InChI is InChI=1S/C33H33FN6/c1-8-21(15-24(9-2)37-20(4)33(5,6)7)28-16-26-30(18-36-28)39-40-32(26)29-17-25-27(38-29)10-11-35-31(25)22-12-19(3)13-23(34)14-22/h8-18,37-38H,2,4H2,1,3,5-7H3,(H,39,40)/b21-8+,24-15+. The maximum Gasteiger partial charge on any atom is 0.124 e. The van der Waals surface area contributed by atoms with E-state index in [1.165, 1.54) is 12.1 Å². The summed E-state index contributed by atoms with van der Waals surface area (Å²) in [6, 6.07) is 10.9. The summed E-state index contributed by atoms with van der Waals surface area (Å²) in [4.78, 5) is 12.7. The first-order chi connectivity index (χ1) is 19.1. The van der Waals surface area contributed by atoms with Crippen LogP contribution >= 0.6 is 0 Å². The van der Waals surface area contributed by atoms with Crippen LogP contribution in [0.3, 0.4) is 0 Å². The van der Waals surface area contributed by atoms with Gasteiger partial charge in [-0.15, -0.1) is 0 Å². The van der Waals surface area contributed by atoms with Crippen molar-refractivity contribution in [2.45, 2.75) is 34.6 Å². The van der Waals surface area contributed by atoms with Gasteiger partial charge < -0.3 is 10.3 Å². The summed E-state index contributed by atoms with van der Waals surface area (Å²) < 4.78 is 14.2. The number of nitrogens with zero attached hydrogens (tertiary/aromatic N) is 3. The average Bonchev–Trinajstić information content (AvgIpc) is 3.53. The van der Waals surface area contributed by atoms with Gasteiger partial charge in [0, 0.05) is 44.9 Å². The minimum Gasteiger partial charge on any atom is -0.359 e. The second-order valence-corrected chi connectivity index (χ2v) is 10.9. The van der Waals surface area contributed by atoms with Crippen LogP contribution in [0.15, 0.2) is 91.6 Å². The lowest BCUT2D eigenvalue weighted by Crippen LogP contribution is -2.22. The molecule has 6 nitrogen and oxygen atoms in total. The van der Waals surface area contributed by atoms with E-state index in [1.54, 1.807) is 18.5 Å². The van der Waals surface area contributed by atoms with Gasteiger partial charge in [-0.1, -0.05) is 40.0 Å². The molecule has 4 heterocycles. The molecule has 7 heteroatoms. The molecule has 0 aliphatic carbocycles. The largest absolute Gasteiger partial charge is 0.359 e. The number of halogens is 1. The number of fused-ring (bicyclic) bond motifs is 2. The molecule has 202 valence electrons. The zero-order valence-corrected chi connectivity index (χ0v) is 23.5. The normalized spacial score (nSPS) is 12.8. The summed E-state index contributed by atoms with van der Waals surface area (Å²) in [5.41, 5.74) is 8.97. The van der Waals surface area contributed by atoms with Gasteiger partial charge in [-0.25, -0.2) is 4.39 Å². The Balaban J connectivity index is 1.56. The molecular formula is C33H33FN6. The molecule has 0 bridgehead atoms. The Hall–Kier alpha value is -4.78. The summed E-state index contributed by atoms with van der Waals surface area (Å²) in [5.74, 6) is -0.283. The van der Waals surface area contributed by atoms with Crippen molar-refractivity contribution in [1.29, 1.82) is 0 Å². The maximum atomic E-state index is 14.2. The quantitative estimate of drug-likeness (QED) is 0.184. The van der Waals surface area contributed by atoms with E-state index >= 15 is 0 Å². The fourth-order valence-corrected chi connectivity index (χ4v) is 4.54. The topological polar surface area (TPSA) is 82.3 Å². The Morgan fingerprint density at radius 3 is 2.50 bits per heavy atom. The van der Waals surface area contributed by atoms with Crippen LogP contribution in [0.4, 0.5) is 4.39 Å². The van der Waals surface area contributed by atoms with E-state index in [1.807, 2.05) is 50.3 Å². The minimum atomic E-state index is -0.283. The smallest absolute Gasteiger partial charge is 0.124 e. The first-order valence-electron chi connectivity index (χ1n) is 13.1. The van der Waals surface area contributed by atoms with Gasteiger partial charge in [0.25, 0.3) is 0 Å². The van der Waals surface area contributed by atoms with Crippen molar-refractivity contribution >= 4 is 27.4 Å². The van der Waals surface area contributed by atoms with Crippen LogP contribution in [0, 0.1) is 18.2 Å². The fraction of sp³-hybridized carbons (Fsp3) is 0.182. The third kappa shape index (κ3) is 5.23. The molecule has 0 fully saturated rings. The van der Waals surface area contributed by atoms with E-state index < -0.39 is 0 Å². The number of hydrogen-bond donors (Lipinski definition) is 3. The van der Waals surface area contributed by atoms with Gasteiger partial charge in [-0.3, -0.25) is 15.1 Å². The summed E-state index contributed by atoms with van der Waals surface area (Å²) in [7, 11) is 0. The van der Waals surface area contributed by atoms with Crippen molar-refractivity contribution in [3.63, 3.8) is 0 Å². The first-order valence-corrected chi connectivity index (χ1v) is 13.1. The average molecular weight is 533 g/mol. The molecule has 5 rings (SSSR count). The molecule has 0 saturated carbocycles. The fourth-order valence-electron chi connectivity index (χ4n) is 4.54. The molecule has 0 amide bonds. The minimum absolute atomic E-state index is 0.0937. The predicted octanol–water partition coefficient (Wildman–Crippen LogP) is 8.24. The molecule has 0 atom stereocenters. The van der Waals surface area contributed by atoms with Gasteiger partial charge in [0.1, 0.15) is 11.5 Å². The Morgan fingerprint density at radius 1 is 1.02 bits per heavy atom. The number of aromatic nitrogens is 5. The van der Waals surface area contributed by atoms with Crippen LogP contribution in [0.2, 0.25) is 0 Å². The van der Waals surface area contributed by atoms with Crippen LogP contribution < -0.4 is 5.32 Å². The molecule has 0 spiro atoms. The van der Waals surface area contributed by atoms with Gasteiger partial charge >= 0.3 is 0 Å². The molecule has 1 aromatic carbocycles. The number of hydrogen-bond acceptors (Lipinski definition) is 4. The SMILES string of the molecule is C=C/C(=C\C(=C/C)c1cc2c(-c3cc4c(-c5cc(C)cc(F)c5)nccc4[nH]3)n[nH]c2cn1)NC(=C)C(C)(C)C. The Morgan fingerprint density at radius 2 is 1.80 bits per heavy atom. The molecule has 5 aromatic rings. The first kappa shape index (κ1) is 26.8. The lowest BCUT2D eigenvalue weighted by atomic mass is 9.92. The highest BCUT2D eigenvalue weighted by atomic mass is 19.1. The number of H-pyrrole nitrogens is 2. The summed E-state index contributed by atoms with van der Waals surface area (Å²) in [6.07, 6.45) is 9.32. The van der Waals surface area contributed by atoms with Gasteiger partial charge in [-0.2, -0.15) is 5.10 Å². The molecule has 40 heavy (non-hydrogen) atoms. The summed E-state index contributed by atoms with van der Waals surface area (Å²) >= 11 is 0. The number of allylic oxidation sites excluding steroid dienone is 5. The van der Waals surface area contributed by atoms with Crippen molar-refractivity contribution in [2.24, 2.45) is 5.41 Å². The third-order valence-electron chi connectivity index (χ3n) is 6.90. The number of benzene rings is 1. The molecule has 0 aliphatic rings. The van der Waals surface area contributed by atoms with Crippen molar-refractivity contribution < 1.29 is 4.39 Å². The molecule has 0 saturated heterocycles. The van der Waals surface area contributed by atoms with E-state index in [0.717, 1.165) is 67.0 Å². The lowest BCUT2D eigenvalue weighted by molar-refractivity contribution is 0.478. The predicted molar refractivity (Wildman–Crippen MR) is 163 cm³/mol. The Labute approximate surface area is 233 Å². The summed E-state index contributed by atoms with van der Waals surface area (Å²) in [6.45, 7) is 18.3. The summed E-state index contributed by atoms with van der Waals surface area (Å²) in [5, 5.41) is 12.9. The highest BCUT2D eigenvalue weighted by Gasteiger charge is 2.17. The van der Waals surface area contributed by atoms with E-state index in [4.69, 9.17) is 0 Å². The zero-order chi connectivity index (χ0) is 28.6. The number of pyridine rings is 2. The number of aryl methyl sites for hydroxylation is 1. The van der Waals surface area contributed by atoms with Gasteiger partial charge in [-0.05, 0) is 73.5 Å². The van der Waals surface area contributed by atoms with E-state index in [-0.39, 0.29) is 11.2 Å². The second-order valence-electron chi connectivity index (χ2n) is 10.9. The van der Waals surface area contributed by atoms with Gasteiger partial charge in [0.2, 0.25) is 0 Å². The van der Waals surface area contributed by atoms with Crippen molar-refractivity contribution in [1.82, 2.24) is 30.5 Å².